The monoisotopic (exact) mass is 202 g/mol. The van der Waals surface area contributed by atoms with Crippen LogP contribution in [0.4, 0.5) is 0 Å². The van der Waals surface area contributed by atoms with E-state index in [9.17, 15) is 9.90 Å². The van der Waals surface area contributed by atoms with Crippen molar-refractivity contribution in [2.75, 3.05) is 7.11 Å². The predicted octanol–water partition coefficient (Wildman–Crippen LogP) is 2.13. The summed E-state index contributed by atoms with van der Waals surface area (Å²) in [7, 11) is 1.35. The van der Waals surface area contributed by atoms with E-state index >= 15 is 0 Å². The van der Waals surface area contributed by atoms with Crippen LogP contribution in [-0.2, 0) is 9.53 Å². The number of hydrogen-bond acceptors (Lipinski definition) is 3. The summed E-state index contributed by atoms with van der Waals surface area (Å²) in [5.41, 5.74) is 0. The first-order chi connectivity index (χ1) is 6.65. The van der Waals surface area contributed by atoms with Crippen LogP contribution in [0, 0.1) is 5.92 Å². The second-order valence-electron chi connectivity index (χ2n) is 3.66. The molecular weight excluding hydrogens is 180 g/mol. The highest BCUT2D eigenvalue weighted by Crippen LogP contribution is 2.19. The Balaban J connectivity index is 3.90. The van der Waals surface area contributed by atoms with Crippen molar-refractivity contribution in [3.63, 3.8) is 0 Å². The molecule has 0 aromatic carbocycles. The molecule has 1 N–H and O–H groups in total. The van der Waals surface area contributed by atoms with Crippen molar-refractivity contribution in [1.82, 2.24) is 0 Å². The third-order valence-electron chi connectivity index (χ3n) is 2.60. The Hall–Kier alpha value is -0.570. The lowest BCUT2D eigenvalue weighted by atomic mass is 9.92. The molecule has 2 atom stereocenters. The largest absolute Gasteiger partial charge is 0.469 e. The molecule has 0 radical (unpaired) electrons. The lowest BCUT2D eigenvalue weighted by Gasteiger charge is -2.20. The highest BCUT2D eigenvalue weighted by Gasteiger charge is 2.20. The molecule has 0 aromatic heterocycles. The van der Waals surface area contributed by atoms with Crippen LogP contribution in [0.25, 0.3) is 0 Å². The molecule has 14 heavy (non-hydrogen) atoms. The number of methoxy groups -OCH3 is 1. The summed E-state index contributed by atoms with van der Waals surface area (Å²) in [6, 6.07) is 0. The van der Waals surface area contributed by atoms with Gasteiger partial charge in [0.1, 0.15) is 0 Å². The lowest BCUT2D eigenvalue weighted by molar-refractivity contribution is -0.143. The summed E-state index contributed by atoms with van der Waals surface area (Å²) in [6.45, 7) is 4.17. The van der Waals surface area contributed by atoms with Gasteiger partial charge in [0.2, 0.25) is 0 Å². The van der Waals surface area contributed by atoms with Crippen LogP contribution in [-0.4, -0.2) is 24.3 Å². The first kappa shape index (κ1) is 13.4. The number of esters is 1. The minimum atomic E-state index is -0.543. The molecule has 0 saturated carbocycles. The third kappa shape index (κ3) is 5.22. The maximum Gasteiger partial charge on any atom is 0.308 e. The maximum absolute atomic E-state index is 10.9. The molecule has 84 valence electrons. The normalized spacial score (nSPS) is 14.9. The number of unbranched alkanes of at least 4 members (excludes halogenated alkanes) is 1. The van der Waals surface area contributed by atoms with E-state index in [0.717, 1.165) is 25.7 Å². The van der Waals surface area contributed by atoms with Crippen molar-refractivity contribution < 1.29 is 14.6 Å². The quantitative estimate of drug-likeness (QED) is 0.643. The summed E-state index contributed by atoms with van der Waals surface area (Å²) in [5, 5.41) is 9.74. The molecule has 3 heteroatoms. The average molecular weight is 202 g/mol. The highest BCUT2D eigenvalue weighted by molar-refractivity contribution is 5.69. The van der Waals surface area contributed by atoms with Gasteiger partial charge in [-0.1, -0.05) is 33.1 Å². The van der Waals surface area contributed by atoms with Gasteiger partial charge in [-0.25, -0.2) is 0 Å². The minimum Gasteiger partial charge on any atom is -0.469 e. The van der Waals surface area contributed by atoms with Crippen molar-refractivity contribution in [2.45, 2.75) is 52.1 Å². The Morgan fingerprint density at radius 3 is 2.50 bits per heavy atom. The van der Waals surface area contributed by atoms with Gasteiger partial charge in [-0.2, -0.15) is 0 Å². The zero-order valence-corrected chi connectivity index (χ0v) is 9.45. The standard InChI is InChI=1S/C11H22O3/c1-4-6-7-9(5-2)10(12)8-11(13)14-3/h9-10,12H,4-8H2,1-3H3. The number of ether oxygens (including phenoxy) is 1. The molecule has 0 rings (SSSR count). The average Bonchev–Trinajstić information content (AvgIpc) is 2.18. The van der Waals surface area contributed by atoms with Gasteiger partial charge in [0, 0.05) is 0 Å². The van der Waals surface area contributed by atoms with E-state index in [2.05, 4.69) is 11.7 Å². The molecule has 0 aliphatic rings. The molecule has 0 aromatic rings. The van der Waals surface area contributed by atoms with Gasteiger partial charge < -0.3 is 9.84 Å². The second kappa shape index (κ2) is 7.80. The van der Waals surface area contributed by atoms with Crippen molar-refractivity contribution >= 4 is 5.97 Å². The first-order valence-electron chi connectivity index (χ1n) is 5.40. The third-order valence-corrected chi connectivity index (χ3v) is 2.60. The van der Waals surface area contributed by atoms with Crippen LogP contribution >= 0.6 is 0 Å². The lowest BCUT2D eigenvalue weighted by Crippen LogP contribution is -2.23. The van der Waals surface area contributed by atoms with Gasteiger partial charge in [-0.3, -0.25) is 4.79 Å². The van der Waals surface area contributed by atoms with Crippen molar-refractivity contribution in [2.24, 2.45) is 5.92 Å². The zero-order chi connectivity index (χ0) is 11.0. The predicted molar refractivity (Wildman–Crippen MR) is 55.9 cm³/mol. The van der Waals surface area contributed by atoms with Gasteiger partial charge in [-0.05, 0) is 12.3 Å². The summed E-state index contributed by atoms with van der Waals surface area (Å²) >= 11 is 0. The molecule has 0 saturated heterocycles. The van der Waals surface area contributed by atoms with E-state index in [4.69, 9.17) is 0 Å². The van der Waals surface area contributed by atoms with E-state index in [1.165, 1.54) is 7.11 Å². The number of rotatable bonds is 7. The van der Waals surface area contributed by atoms with Crippen LogP contribution in [0.1, 0.15) is 46.0 Å². The molecule has 0 spiro atoms. The zero-order valence-electron chi connectivity index (χ0n) is 9.45. The van der Waals surface area contributed by atoms with E-state index in [1.54, 1.807) is 0 Å². The van der Waals surface area contributed by atoms with Crippen LogP contribution in [0.5, 0.6) is 0 Å². The minimum absolute atomic E-state index is 0.124. The topological polar surface area (TPSA) is 46.5 Å². The summed E-state index contributed by atoms with van der Waals surface area (Å²) < 4.78 is 4.52. The van der Waals surface area contributed by atoms with Crippen molar-refractivity contribution in [3.05, 3.63) is 0 Å². The number of hydrogen-bond donors (Lipinski definition) is 1. The summed E-state index contributed by atoms with van der Waals surface area (Å²) in [4.78, 5) is 10.9. The summed E-state index contributed by atoms with van der Waals surface area (Å²) in [6.07, 6.45) is 3.72. The molecule has 0 aliphatic carbocycles. The van der Waals surface area contributed by atoms with Gasteiger partial charge in [0.05, 0.1) is 19.6 Å². The highest BCUT2D eigenvalue weighted by atomic mass is 16.5. The second-order valence-corrected chi connectivity index (χ2v) is 3.66. The van der Waals surface area contributed by atoms with Crippen molar-refractivity contribution in [3.8, 4) is 0 Å². The number of carbonyl (C=O) groups is 1. The van der Waals surface area contributed by atoms with Crippen molar-refractivity contribution in [1.29, 1.82) is 0 Å². The van der Waals surface area contributed by atoms with Crippen LogP contribution in [0.2, 0.25) is 0 Å². The molecule has 0 heterocycles. The molecule has 0 bridgehead atoms. The van der Waals surface area contributed by atoms with Gasteiger partial charge in [0.15, 0.2) is 0 Å². The van der Waals surface area contributed by atoms with Gasteiger partial charge >= 0.3 is 5.97 Å². The van der Waals surface area contributed by atoms with Crippen LogP contribution in [0.3, 0.4) is 0 Å². The Kier molecular flexibility index (Phi) is 7.48. The number of carbonyl (C=O) groups excluding carboxylic acids is 1. The van der Waals surface area contributed by atoms with Gasteiger partial charge in [0.25, 0.3) is 0 Å². The first-order valence-corrected chi connectivity index (χ1v) is 5.40. The van der Waals surface area contributed by atoms with E-state index < -0.39 is 6.10 Å². The smallest absolute Gasteiger partial charge is 0.308 e. The number of aliphatic hydroxyl groups is 1. The fraction of sp³-hybridized carbons (Fsp3) is 0.909. The van der Waals surface area contributed by atoms with E-state index in [1.807, 2.05) is 6.92 Å². The molecular formula is C11H22O3. The molecule has 0 amide bonds. The Morgan fingerprint density at radius 1 is 1.43 bits per heavy atom. The fourth-order valence-electron chi connectivity index (χ4n) is 1.56. The Bertz CT molecular complexity index is 157. The number of aliphatic hydroxyl groups excluding tert-OH is 1. The van der Waals surface area contributed by atoms with Gasteiger partial charge in [-0.15, -0.1) is 0 Å². The molecule has 3 nitrogen and oxygen atoms in total. The summed E-state index contributed by atoms with van der Waals surface area (Å²) in [5.74, 6) is -0.0958. The van der Waals surface area contributed by atoms with E-state index in [0.29, 0.717) is 0 Å². The molecule has 0 aliphatic heterocycles. The van der Waals surface area contributed by atoms with E-state index in [-0.39, 0.29) is 18.3 Å². The maximum atomic E-state index is 10.9. The van der Waals surface area contributed by atoms with Crippen LogP contribution < -0.4 is 0 Å². The Morgan fingerprint density at radius 2 is 2.07 bits per heavy atom. The molecule has 2 unspecified atom stereocenters. The SMILES string of the molecule is CCCCC(CC)C(O)CC(=O)OC. The van der Waals surface area contributed by atoms with Crippen LogP contribution in [0.15, 0.2) is 0 Å². The molecule has 0 fully saturated rings. The Labute approximate surface area is 86.5 Å². The fourth-order valence-corrected chi connectivity index (χ4v) is 1.56.